The van der Waals surface area contributed by atoms with E-state index >= 15 is 0 Å². The molecule has 13 heavy (non-hydrogen) atoms. The molecule has 1 N–H and O–H groups in total. The molecule has 0 amide bonds. The van der Waals surface area contributed by atoms with Gasteiger partial charge in [0.05, 0.1) is 12.0 Å². The van der Waals surface area contributed by atoms with Crippen molar-refractivity contribution >= 4 is 5.97 Å². The maximum atomic E-state index is 10.7. The average molecular weight is 186 g/mol. The number of aliphatic carboxylic acids is 1. The average Bonchev–Trinajstić information content (AvgIpc) is 2.57. The van der Waals surface area contributed by atoms with Gasteiger partial charge in [0.25, 0.3) is 0 Å². The molecule has 3 heteroatoms. The fourth-order valence-electron chi connectivity index (χ4n) is 1.76. The number of hydrogen-bond acceptors (Lipinski definition) is 2. The Morgan fingerprint density at radius 1 is 1.69 bits per heavy atom. The summed E-state index contributed by atoms with van der Waals surface area (Å²) < 4.78 is 5.43. The van der Waals surface area contributed by atoms with Crippen molar-refractivity contribution in [3.05, 3.63) is 0 Å². The van der Waals surface area contributed by atoms with Gasteiger partial charge in [-0.05, 0) is 32.1 Å². The summed E-state index contributed by atoms with van der Waals surface area (Å²) in [5.74, 6) is -0.843. The molecule has 0 aliphatic carbocycles. The monoisotopic (exact) mass is 186 g/mol. The van der Waals surface area contributed by atoms with E-state index in [0.717, 1.165) is 38.7 Å². The Bertz CT molecular complexity index is 162. The zero-order valence-electron chi connectivity index (χ0n) is 8.16. The minimum Gasteiger partial charge on any atom is -0.481 e. The summed E-state index contributed by atoms with van der Waals surface area (Å²) in [6.45, 7) is 2.78. The maximum Gasteiger partial charge on any atom is 0.306 e. The van der Waals surface area contributed by atoms with Crippen LogP contribution in [0.5, 0.6) is 0 Å². The molecule has 0 aromatic rings. The molecule has 1 rings (SSSR count). The van der Waals surface area contributed by atoms with E-state index in [1.807, 2.05) is 6.92 Å². The molecule has 0 spiro atoms. The standard InChI is InChI=1S/C10H18O3/c1-2-8(10(11)12)5-6-9-4-3-7-13-9/h8-9H,2-7H2,1H3,(H,11,12). The minimum atomic E-state index is -0.666. The molecule has 0 aromatic heterocycles. The quantitative estimate of drug-likeness (QED) is 0.714. The summed E-state index contributed by atoms with van der Waals surface area (Å²) in [4.78, 5) is 10.7. The fourth-order valence-corrected chi connectivity index (χ4v) is 1.76. The Balaban J connectivity index is 2.18. The van der Waals surface area contributed by atoms with Crippen LogP contribution in [0.2, 0.25) is 0 Å². The smallest absolute Gasteiger partial charge is 0.306 e. The van der Waals surface area contributed by atoms with Crippen molar-refractivity contribution in [3.63, 3.8) is 0 Å². The highest BCUT2D eigenvalue weighted by atomic mass is 16.5. The van der Waals surface area contributed by atoms with Crippen LogP contribution >= 0.6 is 0 Å². The molecule has 1 saturated heterocycles. The Labute approximate surface area is 79.1 Å². The van der Waals surface area contributed by atoms with Gasteiger partial charge in [0.2, 0.25) is 0 Å². The molecule has 1 fully saturated rings. The first-order valence-corrected chi connectivity index (χ1v) is 5.08. The Kier molecular flexibility index (Phi) is 4.22. The van der Waals surface area contributed by atoms with E-state index in [9.17, 15) is 4.79 Å². The molecule has 2 unspecified atom stereocenters. The van der Waals surface area contributed by atoms with E-state index < -0.39 is 5.97 Å². The van der Waals surface area contributed by atoms with Crippen molar-refractivity contribution in [3.8, 4) is 0 Å². The van der Waals surface area contributed by atoms with Crippen molar-refractivity contribution in [1.82, 2.24) is 0 Å². The summed E-state index contributed by atoms with van der Waals surface area (Å²) in [5, 5.41) is 8.81. The van der Waals surface area contributed by atoms with Gasteiger partial charge in [0.1, 0.15) is 0 Å². The van der Waals surface area contributed by atoms with Crippen molar-refractivity contribution in [1.29, 1.82) is 0 Å². The first kappa shape index (κ1) is 10.5. The lowest BCUT2D eigenvalue weighted by molar-refractivity contribution is -0.142. The maximum absolute atomic E-state index is 10.7. The number of carboxylic acid groups (broad SMARTS) is 1. The van der Waals surface area contributed by atoms with Gasteiger partial charge in [0.15, 0.2) is 0 Å². The van der Waals surface area contributed by atoms with Crippen LogP contribution in [-0.4, -0.2) is 23.8 Å². The molecule has 76 valence electrons. The molecule has 0 bridgehead atoms. The SMILES string of the molecule is CCC(CCC1CCCO1)C(=O)O. The van der Waals surface area contributed by atoms with E-state index in [0.29, 0.717) is 6.10 Å². The van der Waals surface area contributed by atoms with Crippen LogP contribution in [0.15, 0.2) is 0 Å². The topological polar surface area (TPSA) is 46.5 Å². The van der Waals surface area contributed by atoms with E-state index in [4.69, 9.17) is 9.84 Å². The largest absolute Gasteiger partial charge is 0.481 e. The summed E-state index contributed by atoms with van der Waals surface area (Å²) in [7, 11) is 0. The van der Waals surface area contributed by atoms with Crippen molar-refractivity contribution in [2.45, 2.75) is 45.1 Å². The lowest BCUT2D eigenvalue weighted by atomic mass is 9.98. The highest BCUT2D eigenvalue weighted by Crippen LogP contribution is 2.20. The van der Waals surface area contributed by atoms with Crippen LogP contribution in [0, 0.1) is 5.92 Å². The molecule has 0 aromatic carbocycles. The van der Waals surface area contributed by atoms with Crippen LogP contribution in [0.3, 0.4) is 0 Å². The second kappa shape index (κ2) is 5.22. The Morgan fingerprint density at radius 3 is 2.92 bits per heavy atom. The van der Waals surface area contributed by atoms with E-state index in [2.05, 4.69) is 0 Å². The third-order valence-electron chi connectivity index (χ3n) is 2.70. The Hall–Kier alpha value is -0.570. The zero-order valence-corrected chi connectivity index (χ0v) is 8.16. The number of carbonyl (C=O) groups is 1. The summed E-state index contributed by atoms with van der Waals surface area (Å²) >= 11 is 0. The van der Waals surface area contributed by atoms with Crippen molar-refractivity contribution in [2.24, 2.45) is 5.92 Å². The minimum absolute atomic E-state index is 0.177. The van der Waals surface area contributed by atoms with E-state index in [-0.39, 0.29) is 5.92 Å². The van der Waals surface area contributed by atoms with Crippen LogP contribution in [0.4, 0.5) is 0 Å². The normalized spacial score (nSPS) is 24.5. The first-order chi connectivity index (χ1) is 6.24. The molecular formula is C10H18O3. The lowest BCUT2D eigenvalue weighted by Crippen LogP contribution is -2.15. The molecule has 1 aliphatic heterocycles. The first-order valence-electron chi connectivity index (χ1n) is 5.08. The summed E-state index contributed by atoms with van der Waals surface area (Å²) in [5.41, 5.74) is 0. The second-order valence-electron chi connectivity index (χ2n) is 3.66. The van der Waals surface area contributed by atoms with Crippen LogP contribution < -0.4 is 0 Å². The van der Waals surface area contributed by atoms with Crippen molar-refractivity contribution < 1.29 is 14.6 Å². The predicted molar refractivity (Wildman–Crippen MR) is 49.6 cm³/mol. The van der Waals surface area contributed by atoms with Crippen LogP contribution in [-0.2, 0) is 9.53 Å². The van der Waals surface area contributed by atoms with Crippen LogP contribution in [0.1, 0.15) is 39.0 Å². The van der Waals surface area contributed by atoms with Gasteiger partial charge < -0.3 is 9.84 Å². The summed E-state index contributed by atoms with van der Waals surface area (Å²) in [6.07, 6.45) is 4.96. The van der Waals surface area contributed by atoms with Gasteiger partial charge in [0, 0.05) is 6.61 Å². The van der Waals surface area contributed by atoms with Gasteiger partial charge in [-0.1, -0.05) is 6.92 Å². The second-order valence-corrected chi connectivity index (χ2v) is 3.66. The van der Waals surface area contributed by atoms with E-state index in [1.54, 1.807) is 0 Å². The lowest BCUT2D eigenvalue weighted by Gasteiger charge is -2.12. The van der Waals surface area contributed by atoms with Gasteiger partial charge >= 0.3 is 5.97 Å². The summed E-state index contributed by atoms with van der Waals surface area (Å²) in [6, 6.07) is 0. The number of rotatable bonds is 5. The molecule has 0 saturated carbocycles. The number of ether oxygens (including phenoxy) is 1. The Morgan fingerprint density at radius 2 is 2.46 bits per heavy atom. The number of carboxylic acids is 1. The predicted octanol–water partition coefficient (Wildman–Crippen LogP) is 2.06. The molecule has 0 radical (unpaired) electrons. The fraction of sp³-hybridized carbons (Fsp3) is 0.900. The molecule has 1 aliphatic rings. The molecule has 2 atom stereocenters. The van der Waals surface area contributed by atoms with Gasteiger partial charge in [-0.25, -0.2) is 0 Å². The van der Waals surface area contributed by atoms with Gasteiger partial charge in [-0.3, -0.25) is 4.79 Å². The molecular weight excluding hydrogens is 168 g/mol. The zero-order chi connectivity index (χ0) is 9.68. The van der Waals surface area contributed by atoms with Crippen molar-refractivity contribution in [2.75, 3.05) is 6.61 Å². The number of hydrogen-bond donors (Lipinski definition) is 1. The third kappa shape index (κ3) is 3.35. The van der Waals surface area contributed by atoms with Crippen LogP contribution in [0.25, 0.3) is 0 Å². The molecule has 3 nitrogen and oxygen atoms in total. The molecule has 1 heterocycles. The van der Waals surface area contributed by atoms with Gasteiger partial charge in [-0.2, -0.15) is 0 Å². The highest BCUT2D eigenvalue weighted by Gasteiger charge is 2.20. The van der Waals surface area contributed by atoms with Gasteiger partial charge in [-0.15, -0.1) is 0 Å². The van der Waals surface area contributed by atoms with E-state index in [1.165, 1.54) is 0 Å². The highest BCUT2D eigenvalue weighted by molar-refractivity contribution is 5.69. The third-order valence-corrected chi connectivity index (χ3v) is 2.70.